The molecule has 0 unspecified atom stereocenters. The minimum atomic E-state index is -0.630. The van der Waals surface area contributed by atoms with Crippen molar-refractivity contribution in [2.45, 2.75) is 13.8 Å². The van der Waals surface area contributed by atoms with Gasteiger partial charge in [0.05, 0.1) is 22.0 Å². The maximum atomic E-state index is 13.0. The van der Waals surface area contributed by atoms with Crippen LogP contribution in [0, 0.1) is 13.8 Å². The molecule has 0 spiro atoms. The number of carbonyl (C=O) groups excluding carboxylic acids is 3. The number of hydrogen-bond donors (Lipinski definition) is 0. The van der Waals surface area contributed by atoms with Crippen LogP contribution in [0.2, 0.25) is 5.02 Å². The van der Waals surface area contributed by atoms with E-state index in [9.17, 15) is 14.4 Å². The molecule has 9 heteroatoms. The van der Waals surface area contributed by atoms with Gasteiger partial charge in [-0.2, -0.15) is 0 Å². The Morgan fingerprint density at radius 3 is 2.61 bits per heavy atom. The summed E-state index contributed by atoms with van der Waals surface area (Å²) in [5.74, 6) is -0.114. The maximum absolute atomic E-state index is 13.0. The minimum Gasteiger partial charge on any atom is -0.491 e. The normalized spacial score (nSPS) is 14.4. The Morgan fingerprint density at radius 1 is 1.06 bits per heavy atom. The van der Waals surface area contributed by atoms with Crippen molar-refractivity contribution in [2.24, 2.45) is 0 Å². The van der Waals surface area contributed by atoms with Crippen molar-refractivity contribution >= 4 is 62.5 Å². The van der Waals surface area contributed by atoms with Crippen molar-refractivity contribution in [1.82, 2.24) is 4.90 Å². The van der Waals surface area contributed by atoms with Gasteiger partial charge >= 0.3 is 5.97 Å². The van der Waals surface area contributed by atoms with Crippen molar-refractivity contribution in [3.05, 3.63) is 97.3 Å². The number of ether oxygens (including phenoxy) is 2. The van der Waals surface area contributed by atoms with Crippen LogP contribution in [-0.2, 0) is 4.79 Å². The molecule has 3 aromatic rings. The maximum Gasteiger partial charge on any atom is 0.345 e. The largest absolute Gasteiger partial charge is 0.491 e. The molecule has 4 rings (SSSR count). The first-order chi connectivity index (χ1) is 17.2. The number of benzene rings is 3. The fourth-order valence-corrected chi connectivity index (χ4v) is 4.90. The zero-order valence-electron chi connectivity index (χ0n) is 19.4. The van der Waals surface area contributed by atoms with Crippen molar-refractivity contribution < 1.29 is 23.9 Å². The average molecular weight is 587 g/mol. The highest BCUT2D eigenvalue weighted by atomic mass is 79.9. The van der Waals surface area contributed by atoms with Gasteiger partial charge in [-0.1, -0.05) is 51.8 Å². The number of aryl methyl sites for hydroxylation is 2. The third-order valence-corrected chi connectivity index (χ3v) is 7.07. The molecule has 3 aromatic carbocycles. The second-order valence-electron chi connectivity index (χ2n) is 8.00. The highest BCUT2D eigenvalue weighted by Crippen LogP contribution is 2.35. The number of imide groups is 1. The molecule has 2 amide bonds. The standard InChI is InChI=1S/C27H21BrClNO5S/c1-16-7-8-17(2)23(13-16)34-12-11-30-25(31)24(36-27(30)33)15-18-14-19(28)9-10-22(18)35-26(32)20-5-3-4-6-21(20)29/h3-10,13-15H,11-12H2,1-2H3/b24-15-. The van der Waals surface area contributed by atoms with E-state index in [1.165, 1.54) is 6.08 Å². The first-order valence-corrected chi connectivity index (χ1v) is 12.9. The zero-order chi connectivity index (χ0) is 25.8. The number of esters is 1. The lowest BCUT2D eigenvalue weighted by molar-refractivity contribution is -0.123. The Morgan fingerprint density at radius 2 is 1.83 bits per heavy atom. The van der Waals surface area contributed by atoms with Crippen LogP contribution in [-0.4, -0.2) is 35.2 Å². The van der Waals surface area contributed by atoms with E-state index in [0.717, 1.165) is 33.5 Å². The van der Waals surface area contributed by atoms with E-state index < -0.39 is 11.9 Å². The van der Waals surface area contributed by atoms with Gasteiger partial charge < -0.3 is 9.47 Å². The molecule has 0 atom stereocenters. The van der Waals surface area contributed by atoms with E-state index in [0.29, 0.717) is 10.0 Å². The predicted octanol–water partition coefficient (Wildman–Crippen LogP) is 7.05. The summed E-state index contributed by atoms with van der Waals surface area (Å²) in [5, 5.41) is -0.120. The van der Waals surface area contributed by atoms with Crippen molar-refractivity contribution in [2.75, 3.05) is 13.2 Å². The van der Waals surface area contributed by atoms with Crippen molar-refractivity contribution in [3.8, 4) is 11.5 Å². The van der Waals surface area contributed by atoms with Crippen molar-refractivity contribution in [1.29, 1.82) is 0 Å². The molecule has 0 N–H and O–H groups in total. The van der Waals surface area contributed by atoms with Crippen LogP contribution in [0.3, 0.4) is 0 Å². The Kier molecular flexibility index (Phi) is 8.18. The lowest BCUT2D eigenvalue weighted by Gasteiger charge is -2.14. The summed E-state index contributed by atoms with van der Waals surface area (Å²) in [6, 6.07) is 17.4. The quantitative estimate of drug-likeness (QED) is 0.168. The smallest absolute Gasteiger partial charge is 0.345 e. The fourth-order valence-electron chi connectivity index (χ4n) is 3.45. The fraction of sp³-hybridized carbons (Fsp3) is 0.148. The van der Waals surface area contributed by atoms with E-state index in [-0.39, 0.29) is 39.6 Å². The number of amides is 2. The Hall–Kier alpha value is -3.07. The van der Waals surface area contributed by atoms with Crippen LogP contribution in [0.15, 0.2) is 70.0 Å². The third-order valence-electron chi connectivity index (χ3n) is 5.34. The molecule has 36 heavy (non-hydrogen) atoms. The van der Waals surface area contributed by atoms with Crippen LogP contribution in [0.5, 0.6) is 11.5 Å². The summed E-state index contributed by atoms with van der Waals surface area (Å²) >= 11 is 10.3. The molecule has 0 radical (unpaired) electrons. The van der Waals surface area contributed by atoms with Gasteiger partial charge in [0.1, 0.15) is 18.1 Å². The van der Waals surface area contributed by atoms with Gasteiger partial charge in [0.2, 0.25) is 0 Å². The Labute approximate surface area is 226 Å². The molecular formula is C27H21BrClNO5S. The topological polar surface area (TPSA) is 72.9 Å². The Bertz CT molecular complexity index is 1390. The predicted molar refractivity (Wildman–Crippen MR) is 145 cm³/mol. The van der Waals surface area contributed by atoms with E-state index in [1.807, 2.05) is 32.0 Å². The second kappa shape index (κ2) is 11.3. The van der Waals surface area contributed by atoms with Gasteiger partial charge in [0, 0.05) is 10.0 Å². The van der Waals surface area contributed by atoms with Gasteiger partial charge in [-0.05, 0) is 79.2 Å². The van der Waals surface area contributed by atoms with Crippen molar-refractivity contribution in [3.63, 3.8) is 0 Å². The molecule has 0 aromatic heterocycles. The molecule has 1 saturated heterocycles. The SMILES string of the molecule is Cc1ccc(C)c(OCCN2C(=O)S/C(=C\c3cc(Br)ccc3OC(=O)c3ccccc3Cl)C2=O)c1. The summed E-state index contributed by atoms with van der Waals surface area (Å²) in [5.41, 5.74) is 2.71. The average Bonchev–Trinajstić information content (AvgIpc) is 3.10. The molecule has 184 valence electrons. The number of carbonyl (C=O) groups is 3. The van der Waals surface area contributed by atoms with Gasteiger partial charge in [0.25, 0.3) is 11.1 Å². The summed E-state index contributed by atoms with van der Waals surface area (Å²) in [6.07, 6.45) is 1.54. The first-order valence-electron chi connectivity index (χ1n) is 10.9. The third kappa shape index (κ3) is 6.00. The highest BCUT2D eigenvalue weighted by Gasteiger charge is 2.35. The number of thioether (sulfide) groups is 1. The first kappa shape index (κ1) is 26.0. The van der Waals surface area contributed by atoms with Crippen LogP contribution in [0.25, 0.3) is 6.08 Å². The van der Waals surface area contributed by atoms with E-state index in [2.05, 4.69) is 15.9 Å². The molecule has 1 aliphatic heterocycles. The van der Waals surface area contributed by atoms with Crippen LogP contribution < -0.4 is 9.47 Å². The van der Waals surface area contributed by atoms with E-state index in [4.69, 9.17) is 21.1 Å². The van der Waals surface area contributed by atoms with Gasteiger partial charge in [-0.3, -0.25) is 14.5 Å². The number of rotatable bonds is 7. The zero-order valence-corrected chi connectivity index (χ0v) is 22.6. The highest BCUT2D eigenvalue weighted by molar-refractivity contribution is 9.10. The van der Waals surface area contributed by atoms with Gasteiger partial charge in [-0.25, -0.2) is 4.79 Å². The summed E-state index contributed by atoms with van der Waals surface area (Å²) in [6.45, 7) is 4.19. The Balaban J connectivity index is 1.49. The lowest BCUT2D eigenvalue weighted by Crippen LogP contribution is -2.32. The van der Waals surface area contributed by atoms with Gasteiger partial charge in [0.15, 0.2) is 0 Å². The molecule has 0 aliphatic carbocycles. The summed E-state index contributed by atoms with van der Waals surface area (Å²) in [7, 11) is 0. The van der Waals surface area contributed by atoms with Crippen LogP contribution >= 0.6 is 39.3 Å². The molecule has 0 bridgehead atoms. The second-order valence-corrected chi connectivity index (χ2v) is 10.3. The number of nitrogens with zero attached hydrogens (tertiary/aromatic N) is 1. The van der Waals surface area contributed by atoms with Gasteiger partial charge in [-0.15, -0.1) is 0 Å². The molecule has 1 heterocycles. The van der Waals surface area contributed by atoms with E-state index >= 15 is 0 Å². The lowest BCUT2D eigenvalue weighted by atomic mass is 10.1. The molecule has 0 saturated carbocycles. The molecule has 6 nitrogen and oxygen atoms in total. The molecular weight excluding hydrogens is 566 g/mol. The number of halogens is 2. The molecule has 1 aliphatic rings. The number of hydrogen-bond acceptors (Lipinski definition) is 6. The summed E-state index contributed by atoms with van der Waals surface area (Å²) in [4.78, 5) is 39.6. The van der Waals surface area contributed by atoms with E-state index in [1.54, 1.807) is 42.5 Å². The molecule has 1 fully saturated rings. The van der Waals surface area contributed by atoms with Crippen LogP contribution in [0.4, 0.5) is 4.79 Å². The monoisotopic (exact) mass is 585 g/mol. The van der Waals surface area contributed by atoms with Crippen LogP contribution in [0.1, 0.15) is 27.0 Å². The minimum absolute atomic E-state index is 0.113. The summed E-state index contributed by atoms with van der Waals surface area (Å²) < 4.78 is 12.1.